The number of carbonyl (C=O) groups is 1. The van der Waals surface area contributed by atoms with Crippen LogP contribution in [0, 0.1) is 27.7 Å². The van der Waals surface area contributed by atoms with Crippen LogP contribution in [-0.2, 0) is 30.7 Å². The van der Waals surface area contributed by atoms with Crippen LogP contribution >= 0.6 is 24.6 Å². The van der Waals surface area contributed by atoms with Gasteiger partial charge in [-0.3, -0.25) is 9.80 Å². The summed E-state index contributed by atoms with van der Waals surface area (Å²) < 4.78 is 11.0. The Balaban J connectivity index is 0.000000291. The van der Waals surface area contributed by atoms with E-state index in [1.54, 1.807) is 0 Å². The van der Waals surface area contributed by atoms with E-state index in [4.69, 9.17) is 32.2 Å². The maximum absolute atomic E-state index is 12.4. The van der Waals surface area contributed by atoms with Crippen molar-refractivity contribution in [2.45, 2.75) is 112 Å². The Morgan fingerprint density at radius 3 is 2.11 bits per heavy atom. The van der Waals surface area contributed by atoms with Crippen LogP contribution in [0.4, 0.5) is 4.79 Å². The van der Waals surface area contributed by atoms with E-state index in [0.29, 0.717) is 31.4 Å². The number of piperazine rings is 2. The normalized spacial score (nSPS) is 18.6. The highest BCUT2D eigenvalue weighted by molar-refractivity contribution is 7.80. The monoisotopic (exact) mass is 801 g/mol. The SMILES string of the molecule is Cc1cc(CC(=S)CN)c(C)c(CN2CCN(C(=O)OC(C)(C)C)[C@@H](C)C2)c1.Cc1cc(Cc2nnc([C@@H](O)CO)o2)c(C)c(CN2CCN[C@@H](C)C2)c1.Cl. The molecule has 0 aliphatic carbocycles. The zero-order chi connectivity index (χ0) is 39.7. The lowest BCUT2D eigenvalue weighted by Gasteiger charge is -2.40. The Labute approximate surface area is 339 Å². The fourth-order valence-electron chi connectivity index (χ4n) is 7.13. The molecule has 3 atom stereocenters. The van der Waals surface area contributed by atoms with Gasteiger partial charge >= 0.3 is 6.09 Å². The minimum Gasteiger partial charge on any atom is -0.444 e. The number of rotatable bonds is 11. The van der Waals surface area contributed by atoms with Crippen LogP contribution in [0.1, 0.15) is 97.0 Å². The van der Waals surface area contributed by atoms with Crippen molar-refractivity contribution in [2.75, 3.05) is 52.4 Å². The lowest BCUT2D eigenvalue weighted by Crippen LogP contribution is -2.54. The van der Waals surface area contributed by atoms with E-state index in [0.717, 1.165) is 62.7 Å². The van der Waals surface area contributed by atoms with Crippen molar-refractivity contribution in [3.05, 3.63) is 80.6 Å². The number of aliphatic hydroxyl groups is 2. The summed E-state index contributed by atoms with van der Waals surface area (Å²) in [5, 5.41) is 29.9. The standard InChI is InChI=1S/C22H35N3O2S.C19H28N4O3.ClH/c1-15-9-18(11-20(28)12-23)17(3)19(10-15)14-24-7-8-25(16(2)13-24)21(26)27-22(4,5)6;1-12-6-15(8-18-21-22-19(26-18)17(25)11-24)14(3)16(7-12)10-23-5-4-20-13(2)9-23;/h9-10,16H,7-8,11-14,23H2,1-6H3;6-7,13,17,20,24-25H,4-5,8-11H2,1-3H3;1H/t16-;13-,17-;/m00./s1. The van der Waals surface area contributed by atoms with Crippen LogP contribution in [0.2, 0.25) is 0 Å². The van der Waals surface area contributed by atoms with E-state index >= 15 is 0 Å². The average molecular weight is 803 g/mol. The molecule has 55 heavy (non-hydrogen) atoms. The Morgan fingerprint density at radius 1 is 0.964 bits per heavy atom. The number of aliphatic hydroxyl groups excluding tert-OH is 2. The van der Waals surface area contributed by atoms with Gasteiger partial charge in [-0.05, 0) is 95.7 Å². The quantitative estimate of drug-likeness (QED) is 0.190. The minimum absolute atomic E-state index is 0. The molecule has 0 saturated carbocycles. The number of aryl methyl sites for hydroxylation is 2. The molecule has 2 aliphatic heterocycles. The summed E-state index contributed by atoms with van der Waals surface area (Å²) in [7, 11) is 0. The maximum Gasteiger partial charge on any atom is 0.410 e. The molecule has 2 saturated heterocycles. The minimum atomic E-state index is -1.12. The van der Waals surface area contributed by atoms with Gasteiger partial charge < -0.3 is 35.3 Å². The molecule has 14 heteroatoms. The largest absolute Gasteiger partial charge is 0.444 e. The molecule has 2 aromatic carbocycles. The van der Waals surface area contributed by atoms with E-state index in [1.165, 1.54) is 38.9 Å². The Bertz CT molecular complexity index is 1730. The van der Waals surface area contributed by atoms with Crippen molar-refractivity contribution in [1.82, 2.24) is 30.2 Å². The molecule has 0 unspecified atom stereocenters. The fourth-order valence-corrected chi connectivity index (χ4v) is 7.28. The van der Waals surface area contributed by atoms with Gasteiger partial charge in [-0.15, -0.1) is 22.6 Å². The van der Waals surface area contributed by atoms with Gasteiger partial charge in [-0.2, -0.15) is 0 Å². The number of carbonyl (C=O) groups excluding carboxylic acids is 1. The highest BCUT2D eigenvalue weighted by atomic mass is 35.5. The van der Waals surface area contributed by atoms with Gasteiger partial charge in [0.25, 0.3) is 0 Å². The number of thiocarbonyl (C=S) groups is 1. The molecule has 2 fully saturated rings. The van der Waals surface area contributed by atoms with Crippen molar-refractivity contribution < 1.29 is 24.2 Å². The molecule has 2 aliphatic rings. The van der Waals surface area contributed by atoms with Crippen molar-refractivity contribution in [3.8, 4) is 0 Å². The summed E-state index contributed by atoms with van der Waals surface area (Å²) in [5.74, 6) is 0.505. The lowest BCUT2D eigenvalue weighted by molar-refractivity contribution is 0.000529. The molecule has 1 amide bonds. The first-order chi connectivity index (χ1) is 25.5. The molecule has 12 nitrogen and oxygen atoms in total. The number of nitrogens with zero attached hydrogens (tertiary/aromatic N) is 5. The summed E-state index contributed by atoms with van der Waals surface area (Å²) in [6.45, 7) is 25.9. The number of amides is 1. The number of hydrogen-bond acceptors (Lipinski definition) is 12. The Kier molecular flexibility index (Phi) is 17.7. The molecule has 306 valence electrons. The fraction of sp³-hybridized carbons (Fsp3) is 0.610. The number of halogens is 1. The van der Waals surface area contributed by atoms with Gasteiger partial charge in [0, 0.05) is 82.3 Å². The average Bonchev–Trinajstić information content (AvgIpc) is 3.56. The van der Waals surface area contributed by atoms with Crippen molar-refractivity contribution in [3.63, 3.8) is 0 Å². The van der Waals surface area contributed by atoms with Crippen LogP contribution in [0.5, 0.6) is 0 Å². The molecular formula is C41H64ClN7O5S. The second-order valence-corrected chi connectivity index (χ2v) is 16.7. The van der Waals surface area contributed by atoms with Crippen LogP contribution in [0.3, 0.4) is 0 Å². The third-order valence-electron chi connectivity index (χ3n) is 10.0. The molecule has 0 radical (unpaired) electrons. The van der Waals surface area contributed by atoms with E-state index in [1.807, 2.05) is 25.7 Å². The van der Waals surface area contributed by atoms with Crippen LogP contribution in [-0.4, -0.2) is 116 Å². The van der Waals surface area contributed by atoms with Gasteiger partial charge in [0.2, 0.25) is 11.8 Å². The van der Waals surface area contributed by atoms with Gasteiger partial charge in [0.05, 0.1) is 13.0 Å². The summed E-state index contributed by atoms with van der Waals surface area (Å²) >= 11 is 5.35. The van der Waals surface area contributed by atoms with E-state index in [2.05, 4.69) is 91.1 Å². The van der Waals surface area contributed by atoms with Gasteiger partial charge in [0.1, 0.15) is 5.60 Å². The molecule has 0 bridgehead atoms. The Morgan fingerprint density at radius 2 is 1.55 bits per heavy atom. The summed E-state index contributed by atoms with van der Waals surface area (Å²) in [4.78, 5) is 20.1. The van der Waals surface area contributed by atoms with Crippen molar-refractivity contribution in [1.29, 1.82) is 0 Å². The van der Waals surface area contributed by atoms with E-state index in [9.17, 15) is 9.90 Å². The first kappa shape index (κ1) is 46.4. The topological polar surface area (TPSA) is 153 Å². The highest BCUT2D eigenvalue weighted by Gasteiger charge is 2.31. The molecule has 3 aromatic rings. The summed E-state index contributed by atoms with van der Waals surface area (Å²) in [6, 6.07) is 9.51. The van der Waals surface area contributed by atoms with E-state index in [-0.39, 0.29) is 30.4 Å². The lowest BCUT2D eigenvalue weighted by atomic mass is 9.95. The molecular weight excluding hydrogens is 738 g/mol. The smallest absolute Gasteiger partial charge is 0.410 e. The first-order valence-electron chi connectivity index (χ1n) is 19.1. The number of ether oxygens (including phenoxy) is 1. The van der Waals surface area contributed by atoms with Crippen LogP contribution < -0.4 is 11.1 Å². The maximum atomic E-state index is 12.4. The molecule has 3 heterocycles. The molecule has 5 rings (SSSR count). The molecule has 0 spiro atoms. The second kappa shape index (κ2) is 20.9. The van der Waals surface area contributed by atoms with Gasteiger partial charge in [-0.25, -0.2) is 4.79 Å². The number of benzene rings is 2. The third-order valence-corrected chi connectivity index (χ3v) is 10.3. The molecule has 5 N–H and O–H groups in total. The van der Waals surface area contributed by atoms with Gasteiger partial charge in [-0.1, -0.05) is 47.6 Å². The predicted octanol–water partition coefficient (Wildman–Crippen LogP) is 5.13. The van der Waals surface area contributed by atoms with Crippen LogP contribution in [0.15, 0.2) is 28.7 Å². The number of hydrogen-bond donors (Lipinski definition) is 4. The van der Waals surface area contributed by atoms with Crippen molar-refractivity contribution >= 4 is 35.6 Å². The van der Waals surface area contributed by atoms with Crippen molar-refractivity contribution in [2.24, 2.45) is 5.73 Å². The highest BCUT2D eigenvalue weighted by Crippen LogP contribution is 2.24. The van der Waals surface area contributed by atoms with Crippen LogP contribution in [0.25, 0.3) is 0 Å². The summed E-state index contributed by atoms with van der Waals surface area (Å²) in [5.41, 5.74) is 15.3. The van der Waals surface area contributed by atoms with E-state index < -0.39 is 18.3 Å². The zero-order valence-electron chi connectivity index (χ0n) is 34.3. The zero-order valence-corrected chi connectivity index (χ0v) is 35.9. The first-order valence-corrected chi connectivity index (χ1v) is 19.6. The van der Waals surface area contributed by atoms with Gasteiger partial charge in [0.15, 0.2) is 6.10 Å². The number of nitrogens with two attached hydrogens (primary N) is 1. The Hall–Kier alpha value is -3.01. The molecule has 1 aromatic heterocycles. The number of aromatic nitrogens is 2. The predicted molar refractivity (Wildman–Crippen MR) is 224 cm³/mol. The third kappa shape index (κ3) is 13.9. The summed E-state index contributed by atoms with van der Waals surface area (Å²) in [6.07, 6.45) is -0.0669. The number of nitrogens with one attached hydrogen (secondary N) is 1. The second-order valence-electron chi connectivity index (χ2n) is 16.1.